The molecule has 22 heavy (non-hydrogen) atoms. The molecule has 2 rings (SSSR count). The van der Waals surface area contributed by atoms with Crippen molar-refractivity contribution in [2.24, 2.45) is 0 Å². The molecule has 0 heterocycles. The molecule has 0 unspecified atom stereocenters. The van der Waals surface area contributed by atoms with Gasteiger partial charge in [-0.05, 0) is 54.8 Å². The Morgan fingerprint density at radius 1 is 1.05 bits per heavy atom. The Morgan fingerprint density at radius 3 is 2.27 bits per heavy atom. The molecule has 118 valence electrons. The highest BCUT2D eigenvalue weighted by Gasteiger charge is 2.12. The van der Waals surface area contributed by atoms with E-state index in [1.807, 2.05) is 12.1 Å². The zero-order valence-electron chi connectivity index (χ0n) is 12.3. The van der Waals surface area contributed by atoms with Crippen molar-refractivity contribution in [1.82, 2.24) is 4.72 Å². The maximum atomic E-state index is 12.1. The zero-order valence-corrected chi connectivity index (χ0v) is 13.1. The van der Waals surface area contributed by atoms with E-state index in [1.165, 1.54) is 19.2 Å². The molecule has 5 nitrogen and oxygen atoms in total. The minimum absolute atomic E-state index is 0.220. The number of phenols is 1. The smallest absolute Gasteiger partial charge is 0.240 e. The molecule has 0 saturated carbocycles. The van der Waals surface area contributed by atoms with Crippen molar-refractivity contribution in [3.8, 4) is 11.5 Å². The molecule has 0 aliphatic rings. The van der Waals surface area contributed by atoms with E-state index in [4.69, 9.17) is 4.74 Å². The zero-order chi connectivity index (χ0) is 16.0. The monoisotopic (exact) mass is 321 g/mol. The van der Waals surface area contributed by atoms with Gasteiger partial charge in [0.25, 0.3) is 0 Å². The Bertz CT molecular complexity index is 694. The molecular weight excluding hydrogens is 302 g/mol. The topological polar surface area (TPSA) is 75.6 Å². The van der Waals surface area contributed by atoms with Crippen LogP contribution in [0.15, 0.2) is 53.4 Å². The minimum atomic E-state index is -3.49. The fraction of sp³-hybridized carbons (Fsp3) is 0.250. The highest BCUT2D eigenvalue weighted by Crippen LogP contribution is 2.15. The average molecular weight is 321 g/mol. The molecule has 0 bridgehead atoms. The van der Waals surface area contributed by atoms with Crippen LogP contribution in [0.1, 0.15) is 12.0 Å². The first kappa shape index (κ1) is 16.3. The van der Waals surface area contributed by atoms with E-state index < -0.39 is 10.0 Å². The third kappa shape index (κ3) is 4.47. The number of aryl methyl sites for hydroxylation is 1. The quantitative estimate of drug-likeness (QED) is 0.767. The lowest BCUT2D eigenvalue weighted by molar-refractivity contribution is 0.414. The second-order valence-corrected chi connectivity index (χ2v) is 6.61. The van der Waals surface area contributed by atoms with E-state index >= 15 is 0 Å². The predicted molar refractivity (Wildman–Crippen MR) is 84.6 cm³/mol. The molecule has 0 spiro atoms. The summed E-state index contributed by atoms with van der Waals surface area (Å²) in [6.45, 7) is 0.356. The van der Waals surface area contributed by atoms with Crippen LogP contribution < -0.4 is 9.46 Å². The SMILES string of the molecule is COc1ccc(S(=O)(=O)NCCCc2ccc(O)cc2)cc1. The summed E-state index contributed by atoms with van der Waals surface area (Å²) in [5, 5.41) is 9.20. The number of phenolic OH excluding ortho intramolecular Hbond substituents is 1. The largest absolute Gasteiger partial charge is 0.508 e. The highest BCUT2D eigenvalue weighted by molar-refractivity contribution is 7.89. The third-order valence-electron chi connectivity index (χ3n) is 3.24. The molecule has 0 radical (unpaired) electrons. The molecule has 0 amide bonds. The van der Waals surface area contributed by atoms with Crippen LogP contribution in [0.5, 0.6) is 11.5 Å². The lowest BCUT2D eigenvalue weighted by atomic mass is 10.1. The van der Waals surface area contributed by atoms with Crippen molar-refractivity contribution in [2.75, 3.05) is 13.7 Å². The maximum Gasteiger partial charge on any atom is 0.240 e. The molecule has 0 saturated heterocycles. The summed E-state index contributed by atoms with van der Waals surface area (Å²) >= 11 is 0. The molecule has 0 atom stereocenters. The first-order valence-corrected chi connectivity index (χ1v) is 8.41. The van der Waals surface area contributed by atoms with E-state index in [0.717, 1.165) is 12.0 Å². The molecular formula is C16H19NO4S. The van der Waals surface area contributed by atoms with E-state index in [0.29, 0.717) is 18.7 Å². The molecule has 0 aromatic heterocycles. The van der Waals surface area contributed by atoms with Crippen LogP contribution in [0, 0.1) is 0 Å². The van der Waals surface area contributed by atoms with Crippen LogP contribution in [0.4, 0.5) is 0 Å². The van der Waals surface area contributed by atoms with Gasteiger partial charge in [0.2, 0.25) is 10.0 Å². The summed E-state index contributed by atoms with van der Waals surface area (Å²) in [6.07, 6.45) is 1.42. The van der Waals surface area contributed by atoms with Crippen LogP contribution in [0.25, 0.3) is 0 Å². The van der Waals surface area contributed by atoms with Crippen molar-refractivity contribution in [2.45, 2.75) is 17.7 Å². The van der Waals surface area contributed by atoms with Crippen LogP contribution in [0.3, 0.4) is 0 Å². The Kier molecular flexibility index (Phi) is 5.41. The van der Waals surface area contributed by atoms with Crippen LogP contribution in [0.2, 0.25) is 0 Å². The maximum absolute atomic E-state index is 12.1. The lowest BCUT2D eigenvalue weighted by Gasteiger charge is -2.07. The summed E-state index contributed by atoms with van der Waals surface area (Å²) in [7, 11) is -1.96. The summed E-state index contributed by atoms with van der Waals surface area (Å²) in [4.78, 5) is 0.220. The predicted octanol–water partition coefficient (Wildman–Crippen LogP) is 2.31. The number of methoxy groups -OCH3 is 1. The average Bonchev–Trinajstić information content (AvgIpc) is 2.53. The fourth-order valence-electron chi connectivity index (χ4n) is 2.00. The number of aromatic hydroxyl groups is 1. The van der Waals surface area contributed by atoms with Gasteiger partial charge in [0, 0.05) is 6.54 Å². The van der Waals surface area contributed by atoms with Crippen LogP contribution in [-0.4, -0.2) is 27.2 Å². The number of hydrogen-bond donors (Lipinski definition) is 2. The molecule has 0 aliphatic heterocycles. The number of benzene rings is 2. The van der Waals surface area contributed by atoms with E-state index in [9.17, 15) is 13.5 Å². The lowest BCUT2D eigenvalue weighted by Crippen LogP contribution is -2.25. The van der Waals surface area contributed by atoms with Crippen molar-refractivity contribution in [3.05, 3.63) is 54.1 Å². The number of hydrogen-bond acceptors (Lipinski definition) is 4. The van der Waals surface area contributed by atoms with Gasteiger partial charge in [0.05, 0.1) is 12.0 Å². The van der Waals surface area contributed by atoms with Crippen LogP contribution >= 0.6 is 0 Å². The van der Waals surface area contributed by atoms with Gasteiger partial charge >= 0.3 is 0 Å². The standard InChI is InChI=1S/C16H19NO4S/c1-21-15-8-10-16(11-9-15)22(19,20)17-12-2-3-13-4-6-14(18)7-5-13/h4-11,17-18H,2-3,12H2,1H3. The normalized spacial score (nSPS) is 11.3. The van der Waals surface area contributed by atoms with E-state index in [2.05, 4.69) is 4.72 Å². The molecule has 0 aliphatic carbocycles. The van der Waals surface area contributed by atoms with Gasteiger partial charge in [0.15, 0.2) is 0 Å². The first-order valence-electron chi connectivity index (χ1n) is 6.93. The Labute approximate surface area is 130 Å². The highest BCUT2D eigenvalue weighted by atomic mass is 32.2. The van der Waals surface area contributed by atoms with Crippen molar-refractivity contribution >= 4 is 10.0 Å². The van der Waals surface area contributed by atoms with E-state index in [-0.39, 0.29) is 10.6 Å². The summed E-state index contributed by atoms with van der Waals surface area (Å²) in [6, 6.07) is 13.2. The van der Waals surface area contributed by atoms with Gasteiger partial charge in [-0.1, -0.05) is 12.1 Å². The summed E-state index contributed by atoms with van der Waals surface area (Å²) in [5.41, 5.74) is 1.06. The van der Waals surface area contributed by atoms with Crippen LogP contribution in [-0.2, 0) is 16.4 Å². The number of rotatable bonds is 7. The van der Waals surface area contributed by atoms with Gasteiger partial charge in [-0.15, -0.1) is 0 Å². The second-order valence-electron chi connectivity index (χ2n) is 4.84. The number of sulfonamides is 1. The third-order valence-corrected chi connectivity index (χ3v) is 4.72. The Hall–Kier alpha value is -2.05. The van der Waals surface area contributed by atoms with Gasteiger partial charge in [-0.25, -0.2) is 13.1 Å². The first-order chi connectivity index (χ1) is 10.5. The molecule has 6 heteroatoms. The molecule has 2 aromatic rings. The second kappa shape index (κ2) is 7.29. The van der Waals surface area contributed by atoms with Gasteiger partial charge in [-0.3, -0.25) is 0 Å². The molecule has 2 aromatic carbocycles. The number of ether oxygens (including phenoxy) is 1. The Balaban J connectivity index is 1.85. The van der Waals surface area contributed by atoms with Crippen molar-refractivity contribution in [1.29, 1.82) is 0 Å². The van der Waals surface area contributed by atoms with Gasteiger partial charge < -0.3 is 9.84 Å². The number of nitrogens with one attached hydrogen (secondary N) is 1. The summed E-state index contributed by atoms with van der Waals surface area (Å²) < 4.78 is 31.8. The van der Waals surface area contributed by atoms with Crippen molar-refractivity contribution in [3.63, 3.8) is 0 Å². The van der Waals surface area contributed by atoms with Crippen molar-refractivity contribution < 1.29 is 18.3 Å². The molecule has 0 fully saturated rings. The summed E-state index contributed by atoms with van der Waals surface area (Å²) in [5.74, 6) is 0.843. The fourth-order valence-corrected chi connectivity index (χ4v) is 3.07. The van der Waals surface area contributed by atoms with Gasteiger partial charge in [0.1, 0.15) is 11.5 Å². The Morgan fingerprint density at radius 2 is 1.68 bits per heavy atom. The van der Waals surface area contributed by atoms with E-state index in [1.54, 1.807) is 24.3 Å². The van der Waals surface area contributed by atoms with Gasteiger partial charge in [-0.2, -0.15) is 0 Å². The molecule has 2 N–H and O–H groups in total. The minimum Gasteiger partial charge on any atom is -0.508 e.